The smallest absolute Gasteiger partial charge is 0.317 e. The van der Waals surface area contributed by atoms with Crippen LogP contribution in [-0.4, -0.2) is 54.7 Å². The lowest BCUT2D eigenvalue weighted by atomic mass is 10.1. The van der Waals surface area contributed by atoms with Crippen molar-refractivity contribution in [1.29, 1.82) is 0 Å². The number of amides is 2. The van der Waals surface area contributed by atoms with Crippen molar-refractivity contribution in [1.82, 2.24) is 15.1 Å². The van der Waals surface area contributed by atoms with E-state index in [0.29, 0.717) is 31.6 Å². The highest BCUT2D eigenvalue weighted by Gasteiger charge is 2.10. The molecule has 22 heavy (non-hydrogen) atoms. The van der Waals surface area contributed by atoms with Gasteiger partial charge in [-0.15, -0.1) is 0 Å². The standard InChI is InChI=1S/C16H26FN3O2/c1-12(21)7-8-20(4)16(22)18-10-13-5-6-15(17)14(9-13)11-19(2)3/h5-6,9,12,21H,7-8,10-11H2,1-4H3,(H,18,22). The summed E-state index contributed by atoms with van der Waals surface area (Å²) >= 11 is 0. The number of aliphatic hydroxyl groups is 1. The summed E-state index contributed by atoms with van der Waals surface area (Å²) in [5.74, 6) is -0.238. The SMILES string of the molecule is CC(O)CCN(C)C(=O)NCc1ccc(F)c(CN(C)C)c1. The second-order valence-electron chi connectivity index (χ2n) is 5.88. The second-order valence-corrected chi connectivity index (χ2v) is 5.88. The van der Waals surface area contributed by atoms with Gasteiger partial charge < -0.3 is 20.2 Å². The number of hydrogen-bond donors (Lipinski definition) is 2. The maximum absolute atomic E-state index is 13.7. The topological polar surface area (TPSA) is 55.8 Å². The quantitative estimate of drug-likeness (QED) is 0.807. The van der Waals surface area contributed by atoms with Gasteiger partial charge in [0.1, 0.15) is 5.82 Å². The number of nitrogens with zero attached hydrogens (tertiary/aromatic N) is 2. The Morgan fingerprint density at radius 2 is 2.05 bits per heavy atom. The summed E-state index contributed by atoms with van der Waals surface area (Å²) < 4.78 is 13.7. The molecule has 5 nitrogen and oxygen atoms in total. The van der Waals surface area contributed by atoms with Gasteiger partial charge in [-0.1, -0.05) is 6.07 Å². The van der Waals surface area contributed by atoms with Crippen molar-refractivity contribution in [2.24, 2.45) is 0 Å². The van der Waals surface area contributed by atoms with E-state index < -0.39 is 6.10 Å². The van der Waals surface area contributed by atoms with E-state index in [0.717, 1.165) is 5.56 Å². The van der Waals surface area contributed by atoms with Crippen LogP contribution in [0.25, 0.3) is 0 Å². The van der Waals surface area contributed by atoms with Crippen LogP contribution < -0.4 is 5.32 Å². The van der Waals surface area contributed by atoms with Gasteiger partial charge in [-0.25, -0.2) is 9.18 Å². The van der Waals surface area contributed by atoms with Crippen molar-refractivity contribution in [3.05, 3.63) is 35.1 Å². The Hall–Kier alpha value is -1.66. The van der Waals surface area contributed by atoms with E-state index in [-0.39, 0.29) is 11.8 Å². The third-order valence-electron chi connectivity index (χ3n) is 3.27. The van der Waals surface area contributed by atoms with Crippen LogP contribution in [0.5, 0.6) is 0 Å². The van der Waals surface area contributed by atoms with Gasteiger partial charge in [0.25, 0.3) is 0 Å². The van der Waals surface area contributed by atoms with E-state index in [1.54, 1.807) is 26.1 Å². The minimum Gasteiger partial charge on any atom is -0.393 e. The Morgan fingerprint density at radius 3 is 2.64 bits per heavy atom. The van der Waals surface area contributed by atoms with Gasteiger partial charge in [0.2, 0.25) is 0 Å². The van der Waals surface area contributed by atoms with Gasteiger partial charge in [-0.3, -0.25) is 0 Å². The lowest BCUT2D eigenvalue weighted by Crippen LogP contribution is -2.38. The molecular weight excluding hydrogens is 285 g/mol. The third-order valence-corrected chi connectivity index (χ3v) is 3.27. The molecule has 1 atom stereocenters. The molecule has 0 aliphatic carbocycles. The molecule has 124 valence electrons. The number of carbonyl (C=O) groups excluding carboxylic acids is 1. The molecule has 0 fully saturated rings. The number of benzene rings is 1. The van der Waals surface area contributed by atoms with E-state index in [9.17, 15) is 14.3 Å². The summed E-state index contributed by atoms with van der Waals surface area (Å²) in [4.78, 5) is 15.3. The van der Waals surface area contributed by atoms with Crippen molar-refractivity contribution in [3.8, 4) is 0 Å². The van der Waals surface area contributed by atoms with Crippen LogP contribution in [0.2, 0.25) is 0 Å². The van der Waals surface area contributed by atoms with Gasteiger partial charge in [0, 0.05) is 32.2 Å². The van der Waals surface area contributed by atoms with Crippen LogP contribution in [0.3, 0.4) is 0 Å². The molecule has 0 heterocycles. The van der Waals surface area contributed by atoms with Gasteiger partial charge in [0.15, 0.2) is 0 Å². The Bertz CT molecular complexity index is 492. The van der Waals surface area contributed by atoms with Crippen LogP contribution in [0.1, 0.15) is 24.5 Å². The summed E-state index contributed by atoms with van der Waals surface area (Å²) in [5, 5.41) is 12.0. The molecule has 0 saturated heterocycles. The molecule has 1 unspecified atom stereocenters. The lowest BCUT2D eigenvalue weighted by Gasteiger charge is -2.19. The van der Waals surface area contributed by atoms with Gasteiger partial charge >= 0.3 is 6.03 Å². The van der Waals surface area contributed by atoms with Crippen LogP contribution in [0.15, 0.2) is 18.2 Å². The monoisotopic (exact) mass is 311 g/mol. The predicted molar refractivity (Wildman–Crippen MR) is 85.0 cm³/mol. The van der Waals surface area contributed by atoms with Gasteiger partial charge in [-0.05, 0) is 45.1 Å². The summed E-state index contributed by atoms with van der Waals surface area (Å²) in [7, 11) is 5.44. The molecular formula is C16H26FN3O2. The number of carbonyl (C=O) groups is 1. The highest BCUT2D eigenvalue weighted by Crippen LogP contribution is 2.12. The first-order valence-corrected chi connectivity index (χ1v) is 7.38. The highest BCUT2D eigenvalue weighted by atomic mass is 19.1. The number of nitrogens with one attached hydrogen (secondary N) is 1. The zero-order valence-electron chi connectivity index (χ0n) is 13.8. The Labute approximate surface area is 131 Å². The van der Waals surface area contributed by atoms with Crippen LogP contribution in [0, 0.1) is 5.82 Å². The summed E-state index contributed by atoms with van der Waals surface area (Å²) in [6.07, 6.45) is 0.105. The average molecular weight is 311 g/mol. The number of aliphatic hydroxyl groups excluding tert-OH is 1. The van der Waals surface area contributed by atoms with Gasteiger partial charge in [-0.2, -0.15) is 0 Å². The fourth-order valence-electron chi connectivity index (χ4n) is 1.99. The Morgan fingerprint density at radius 1 is 1.36 bits per heavy atom. The highest BCUT2D eigenvalue weighted by molar-refractivity contribution is 5.73. The molecule has 0 spiro atoms. The van der Waals surface area contributed by atoms with Crippen molar-refractivity contribution in [3.63, 3.8) is 0 Å². The maximum atomic E-state index is 13.7. The second kappa shape index (κ2) is 8.70. The largest absolute Gasteiger partial charge is 0.393 e. The maximum Gasteiger partial charge on any atom is 0.317 e. The number of hydrogen-bond acceptors (Lipinski definition) is 3. The first kappa shape index (κ1) is 18.4. The molecule has 0 aromatic heterocycles. The van der Waals surface area contributed by atoms with Crippen LogP contribution in [-0.2, 0) is 13.1 Å². The molecule has 0 aliphatic heterocycles. The molecule has 0 radical (unpaired) electrons. The first-order chi connectivity index (χ1) is 10.3. The number of urea groups is 1. The normalized spacial score (nSPS) is 12.3. The molecule has 1 aromatic rings. The zero-order chi connectivity index (χ0) is 16.7. The fraction of sp³-hybridized carbons (Fsp3) is 0.562. The summed E-state index contributed by atoms with van der Waals surface area (Å²) in [6.45, 7) is 3.04. The zero-order valence-corrected chi connectivity index (χ0v) is 13.8. The van der Waals surface area contributed by atoms with Crippen molar-refractivity contribution < 1.29 is 14.3 Å². The molecule has 1 aromatic carbocycles. The molecule has 0 saturated carbocycles. The molecule has 1 rings (SSSR count). The van der Waals surface area contributed by atoms with E-state index in [1.807, 2.05) is 19.0 Å². The van der Waals surface area contributed by atoms with E-state index in [4.69, 9.17) is 0 Å². The molecule has 0 bridgehead atoms. The van der Waals surface area contributed by atoms with Crippen LogP contribution in [0.4, 0.5) is 9.18 Å². The Balaban J connectivity index is 2.55. The number of rotatable bonds is 7. The molecule has 0 aliphatic rings. The van der Waals surface area contributed by atoms with Crippen molar-refractivity contribution in [2.75, 3.05) is 27.7 Å². The molecule has 2 N–H and O–H groups in total. The summed E-state index contributed by atoms with van der Waals surface area (Å²) in [6, 6.07) is 4.66. The minimum absolute atomic E-state index is 0.209. The van der Waals surface area contributed by atoms with Crippen molar-refractivity contribution >= 4 is 6.03 Å². The van der Waals surface area contributed by atoms with E-state index in [2.05, 4.69) is 5.32 Å². The van der Waals surface area contributed by atoms with E-state index >= 15 is 0 Å². The lowest BCUT2D eigenvalue weighted by molar-refractivity contribution is 0.163. The Kier molecular flexibility index (Phi) is 7.27. The number of halogens is 1. The predicted octanol–water partition coefficient (Wildman–Crippen LogP) is 1.80. The minimum atomic E-state index is -0.430. The van der Waals surface area contributed by atoms with Gasteiger partial charge in [0.05, 0.1) is 6.10 Å². The van der Waals surface area contributed by atoms with Crippen LogP contribution >= 0.6 is 0 Å². The fourth-order valence-corrected chi connectivity index (χ4v) is 1.99. The van der Waals surface area contributed by atoms with Crippen molar-refractivity contribution in [2.45, 2.75) is 32.5 Å². The first-order valence-electron chi connectivity index (χ1n) is 7.38. The molecule has 2 amide bonds. The molecule has 6 heteroatoms. The summed E-state index contributed by atoms with van der Waals surface area (Å²) in [5.41, 5.74) is 1.47. The third kappa shape index (κ3) is 6.41. The average Bonchev–Trinajstić information content (AvgIpc) is 2.44. The van der Waals surface area contributed by atoms with E-state index in [1.165, 1.54) is 11.0 Å².